The van der Waals surface area contributed by atoms with Crippen molar-refractivity contribution in [2.24, 2.45) is 0 Å². The van der Waals surface area contributed by atoms with Gasteiger partial charge in [0.25, 0.3) is 5.69 Å². The van der Waals surface area contributed by atoms with Gasteiger partial charge in [-0.05, 0) is 39.8 Å². The van der Waals surface area contributed by atoms with Gasteiger partial charge in [0, 0.05) is 24.6 Å². The van der Waals surface area contributed by atoms with Crippen LogP contribution in [0, 0.1) is 10.1 Å². The SMILES string of the molecule is C[C@@H]1C[C@H](OC(=O)c2ccc([N+](=O)[O-])cc2)CN1C(=O)OC(C)(C)C. The van der Waals surface area contributed by atoms with Crippen molar-refractivity contribution in [1.29, 1.82) is 0 Å². The second-order valence-corrected chi connectivity index (χ2v) is 7.05. The smallest absolute Gasteiger partial charge is 0.410 e. The summed E-state index contributed by atoms with van der Waals surface area (Å²) in [5.74, 6) is -0.571. The second kappa shape index (κ2) is 7.08. The van der Waals surface area contributed by atoms with Crippen LogP contribution in [0.5, 0.6) is 0 Å². The summed E-state index contributed by atoms with van der Waals surface area (Å²) in [7, 11) is 0. The van der Waals surface area contributed by atoms with E-state index in [9.17, 15) is 19.7 Å². The van der Waals surface area contributed by atoms with Crippen molar-refractivity contribution < 1.29 is 24.0 Å². The largest absolute Gasteiger partial charge is 0.457 e. The van der Waals surface area contributed by atoms with Gasteiger partial charge in [-0.3, -0.25) is 10.1 Å². The minimum absolute atomic E-state index is 0.0952. The molecule has 2 rings (SSSR count). The Bertz CT molecular complexity index is 665. The molecule has 1 aliphatic rings. The van der Waals surface area contributed by atoms with Gasteiger partial charge in [-0.15, -0.1) is 0 Å². The molecule has 0 saturated carbocycles. The van der Waals surface area contributed by atoms with Gasteiger partial charge in [-0.1, -0.05) is 0 Å². The number of ether oxygens (including phenoxy) is 2. The van der Waals surface area contributed by atoms with Crippen LogP contribution in [0.15, 0.2) is 24.3 Å². The fraction of sp³-hybridized carbons (Fsp3) is 0.529. The summed E-state index contributed by atoms with van der Waals surface area (Å²) >= 11 is 0. The maximum absolute atomic E-state index is 12.2. The molecule has 0 spiro atoms. The number of hydrogen-bond acceptors (Lipinski definition) is 6. The zero-order chi connectivity index (χ0) is 18.8. The number of rotatable bonds is 3. The number of nitro benzene ring substituents is 1. The zero-order valence-electron chi connectivity index (χ0n) is 14.7. The van der Waals surface area contributed by atoms with E-state index in [2.05, 4.69) is 0 Å². The van der Waals surface area contributed by atoms with Gasteiger partial charge in [0.2, 0.25) is 0 Å². The molecule has 2 atom stereocenters. The lowest BCUT2D eigenvalue weighted by molar-refractivity contribution is -0.384. The van der Waals surface area contributed by atoms with Crippen LogP contribution in [0.25, 0.3) is 0 Å². The fourth-order valence-electron chi connectivity index (χ4n) is 2.58. The summed E-state index contributed by atoms with van der Waals surface area (Å²) in [5, 5.41) is 10.6. The summed E-state index contributed by atoms with van der Waals surface area (Å²) in [6.07, 6.45) is -0.364. The van der Waals surface area contributed by atoms with E-state index in [4.69, 9.17) is 9.47 Å². The fourth-order valence-corrected chi connectivity index (χ4v) is 2.58. The van der Waals surface area contributed by atoms with E-state index >= 15 is 0 Å². The molecule has 1 saturated heterocycles. The third-order valence-corrected chi connectivity index (χ3v) is 3.75. The normalized spacial score (nSPS) is 20.2. The molecule has 0 unspecified atom stereocenters. The van der Waals surface area contributed by atoms with Crippen molar-refractivity contribution in [3.8, 4) is 0 Å². The van der Waals surface area contributed by atoms with Crippen LogP contribution >= 0.6 is 0 Å². The first-order valence-electron chi connectivity index (χ1n) is 8.02. The van der Waals surface area contributed by atoms with Crippen molar-refractivity contribution in [3.05, 3.63) is 39.9 Å². The van der Waals surface area contributed by atoms with Crippen molar-refractivity contribution in [1.82, 2.24) is 4.90 Å². The number of benzene rings is 1. The highest BCUT2D eigenvalue weighted by molar-refractivity contribution is 5.89. The topological polar surface area (TPSA) is 99.0 Å². The summed E-state index contributed by atoms with van der Waals surface area (Å²) in [6, 6.07) is 5.10. The van der Waals surface area contributed by atoms with Crippen LogP contribution < -0.4 is 0 Å². The quantitative estimate of drug-likeness (QED) is 0.472. The molecule has 1 aliphatic heterocycles. The number of amides is 1. The molecular formula is C17H22N2O6. The number of esters is 1. The lowest BCUT2D eigenvalue weighted by Gasteiger charge is -2.26. The van der Waals surface area contributed by atoms with Gasteiger partial charge in [0.05, 0.1) is 17.0 Å². The van der Waals surface area contributed by atoms with Crippen LogP contribution in [-0.4, -0.2) is 46.2 Å². The molecule has 0 aromatic heterocycles. The first kappa shape index (κ1) is 18.7. The van der Waals surface area contributed by atoms with E-state index in [1.54, 1.807) is 25.7 Å². The predicted molar refractivity (Wildman–Crippen MR) is 89.3 cm³/mol. The maximum atomic E-state index is 12.2. The van der Waals surface area contributed by atoms with Crippen molar-refractivity contribution in [2.45, 2.75) is 51.9 Å². The molecule has 8 nitrogen and oxygen atoms in total. The molecule has 0 bridgehead atoms. The van der Waals surface area contributed by atoms with Gasteiger partial charge in [0.15, 0.2) is 0 Å². The molecule has 1 aromatic carbocycles. The Morgan fingerprint density at radius 1 is 1.24 bits per heavy atom. The van der Waals surface area contributed by atoms with Crippen molar-refractivity contribution >= 4 is 17.7 Å². The summed E-state index contributed by atoms with van der Waals surface area (Å²) < 4.78 is 10.8. The standard InChI is InChI=1S/C17H22N2O6/c1-11-9-14(10-18(11)16(21)25-17(2,3)4)24-15(20)12-5-7-13(8-6-12)19(22)23/h5-8,11,14H,9-10H2,1-4H3/t11-,14+/m1/s1. The number of non-ortho nitro benzene ring substituents is 1. The highest BCUT2D eigenvalue weighted by Crippen LogP contribution is 2.24. The van der Waals surface area contributed by atoms with E-state index < -0.39 is 28.7 Å². The summed E-state index contributed by atoms with van der Waals surface area (Å²) in [4.78, 5) is 36.0. The molecule has 0 radical (unpaired) electrons. The Hall–Kier alpha value is -2.64. The third kappa shape index (κ3) is 4.91. The zero-order valence-corrected chi connectivity index (χ0v) is 14.7. The molecule has 8 heteroatoms. The van der Waals surface area contributed by atoms with Crippen molar-refractivity contribution in [3.63, 3.8) is 0 Å². The van der Waals surface area contributed by atoms with Gasteiger partial charge < -0.3 is 14.4 Å². The van der Waals surface area contributed by atoms with Gasteiger partial charge >= 0.3 is 12.1 Å². The van der Waals surface area contributed by atoms with Crippen LogP contribution in [0.4, 0.5) is 10.5 Å². The minimum Gasteiger partial charge on any atom is -0.457 e. The lowest BCUT2D eigenvalue weighted by Crippen LogP contribution is -2.39. The molecule has 0 aliphatic carbocycles. The Morgan fingerprint density at radius 3 is 2.36 bits per heavy atom. The van der Waals surface area contributed by atoms with Crippen LogP contribution in [0.3, 0.4) is 0 Å². The number of likely N-dealkylation sites (tertiary alicyclic amines) is 1. The molecular weight excluding hydrogens is 328 g/mol. The molecule has 25 heavy (non-hydrogen) atoms. The van der Waals surface area contributed by atoms with Gasteiger partial charge in [-0.25, -0.2) is 9.59 Å². The summed E-state index contributed by atoms with van der Waals surface area (Å²) in [5.41, 5.74) is -0.458. The van der Waals surface area contributed by atoms with E-state index in [1.807, 2.05) is 6.92 Å². The first-order chi connectivity index (χ1) is 11.6. The number of carbonyl (C=O) groups is 2. The Morgan fingerprint density at radius 2 is 1.84 bits per heavy atom. The van der Waals surface area contributed by atoms with E-state index in [1.165, 1.54) is 24.3 Å². The minimum atomic E-state index is -0.593. The molecule has 1 fully saturated rings. The van der Waals surface area contributed by atoms with Crippen LogP contribution in [0.2, 0.25) is 0 Å². The predicted octanol–water partition coefficient (Wildman–Crippen LogP) is 3.15. The Kier molecular flexibility index (Phi) is 5.30. The molecule has 0 N–H and O–H groups in total. The molecule has 1 heterocycles. The monoisotopic (exact) mass is 350 g/mol. The van der Waals surface area contributed by atoms with Crippen LogP contribution in [-0.2, 0) is 9.47 Å². The average molecular weight is 350 g/mol. The Balaban J connectivity index is 1.96. The second-order valence-electron chi connectivity index (χ2n) is 7.05. The number of hydrogen-bond donors (Lipinski definition) is 0. The molecule has 1 aromatic rings. The first-order valence-corrected chi connectivity index (χ1v) is 8.02. The number of carbonyl (C=O) groups excluding carboxylic acids is 2. The van der Waals surface area contributed by atoms with Gasteiger partial charge in [0.1, 0.15) is 11.7 Å². The average Bonchev–Trinajstić information content (AvgIpc) is 2.86. The van der Waals surface area contributed by atoms with Crippen LogP contribution in [0.1, 0.15) is 44.5 Å². The third-order valence-electron chi connectivity index (χ3n) is 3.75. The van der Waals surface area contributed by atoms with E-state index in [-0.39, 0.29) is 23.8 Å². The number of nitrogens with zero attached hydrogens (tertiary/aromatic N) is 2. The highest BCUT2D eigenvalue weighted by Gasteiger charge is 2.37. The molecule has 136 valence electrons. The van der Waals surface area contributed by atoms with Gasteiger partial charge in [-0.2, -0.15) is 0 Å². The molecule has 1 amide bonds. The van der Waals surface area contributed by atoms with E-state index in [0.717, 1.165) is 0 Å². The lowest BCUT2D eigenvalue weighted by atomic mass is 10.2. The number of nitro groups is 1. The maximum Gasteiger partial charge on any atom is 0.410 e. The Labute approximate surface area is 145 Å². The highest BCUT2D eigenvalue weighted by atomic mass is 16.6. The van der Waals surface area contributed by atoms with E-state index in [0.29, 0.717) is 6.42 Å². The summed E-state index contributed by atoms with van der Waals surface area (Å²) in [6.45, 7) is 7.49. The van der Waals surface area contributed by atoms with Crippen molar-refractivity contribution in [2.75, 3.05) is 6.54 Å².